The second-order valence-electron chi connectivity index (χ2n) is 1.18. The fraction of sp³-hybridized carbons (Fsp3) is 0. The Kier molecular flexibility index (Phi) is 6.38. The Hall–Kier alpha value is 0.153. The van der Waals surface area contributed by atoms with Gasteiger partial charge in [0.1, 0.15) is 0 Å². The molecule has 50 valence electrons. The van der Waals surface area contributed by atoms with E-state index in [9.17, 15) is 7.88 Å². The minimum absolute atomic E-state index is 2.00. The molecule has 0 aromatic rings. The van der Waals surface area contributed by atoms with E-state index < -0.39 is 23.6 Å². The molecule has 1 aliphatic carbocycles. The van der Waals surface area contributed by atoms with Gasteiger partial charge >= 0.3 is 31.5 Å². The predicted octanol–water partition coefficient (Wildman–Crippen LogP) is 2.57. The summed E-state index contributed by atoms with van der Waals surface area (Å²) in [7, 11) is 0. The Morgan fingerprint density at radius 2 is 1.11 bits per heavy atom. The maximum atomic E-state index is 9.86. The molecule has 0 heterocycles. The molecule has 0 aliphatic heterocycles. The number of hydrogen-bond donors (Lipinski definition) is 0. The predicted molar refractivity (Wildman–Crippen MR) is 25.9 cm³/mol. The van der Waals surface area contributed by atoms with E-state index in [0.29, 0.717) is 0 Å². The van der Waals surface area contributed by atoms with Gasteiger partial charge in [-0.05, 0) is 0 Å². The first kappa shape index (κ1) is 9.15. The van der Waals surface area contributed by atoms with Crippen molar-refractivity contribution >= 4 is 0 Å². The van der Waals surface area contributed by atoms with Gasteiger partial charge < -0.3 is 0 Å². The van der Waals surface area contributed by atoms with E-state index in [-0.39, 0.29) is 0 Å². The van der Waals surface area contributed by atoms with Gasteiger partial charge in [-0.2, -0.15) is 0 Å². The van der Waals surface area contributed by atoms with Crippen LogP contribution in [-0.4, -0.2) is 0 Å². The monoisotopic (exact) mass is 212 g/mol. The summed E-state index contributed by atoms with van der Waals surface area (Å²) in [6, 6.07) is 0. The summed E-state index contributed by atoms with van der Waals surface area (Å²) in [5.41, 5.74) is 0. The zero-order valence-corrected chi connectivity index (χ0v) is 6.98. The van der Waals surface area contributed by atoms with Crippen molar-refractivity contribution in [2.75, 3.05) is 0 Å². The Morgan fingerprint density at radius 1 is 0.778 bits per heavy atom. The van der Waals surface area contributed by atoms with Gasteiger partial charge in [0.25, 0.3) is 0 Å². The molecule has 1 rings (SSSR count). The van der Waals surface area contributed by atoms with Crippen LogP contribution in [0.3, 0.4) is 0 Å². The molecule has 4 heteroatoms. The first-order valence-electron chi connectivity index (χ1n) is 2.23. The van der Waals surface area contributed by atoms with Crippen LogP contribution in [0.4, 0.5) is 7.88 Å². The maximum absolute atomic E-state index is 9.86. The van der Waals surface area contributed by atoms with Gasteiger partial charge in [0.2, 0.25) is 0 Å². The van der Waals surface area contributed by atoms with Crippen LogP contribution in [0.5, 0.6) is 0 Å². The van der Waals surface area contributed by atoms with Crippen LogP contribution >= 0.6 is 0 Å². The summed E-state index contributed by atoms with van der Waals surface area (Å²) in [5, 5.41) is 0. The summed E-state index contributed by atoms with van der Waals surface area (Å²) in [4.78, 5) is 0. The SMILES string of the molecule is [CH]1C=CC=C1.[F][Zr]([F])[F]. The first-order valence-corrected chi connectivity index (χ1v) is 5.02. The topological polar surface area (TPSA) is 0 Å². The second kappa shape index (κ2) is 6.28. The van der Waals surface area contributed by atoms with Crippen LogP contribution in [0.15, 0.2) is 24.3 Å². The average molecular weight is 213 g/mol. The summed E-state index contributed by atoms with van der Waals surface area (Å²) in [6.45, 7) is 0. The fourth-order valence-corrected chi connectivity index (χ4v) is 0.321. The molecule has 1 radical (unpaired) electrons. The standard InChI is InChI=1S/C5H5.3FH.Zr/c1-2-4-5-3-1;;;;/h1-5H;3*1H;/q;;;;+3/p-3. The van der Waals surface area contributed by atoms with Gasteiger partial charge in [-0.1, -0.05) is 24.3 Å². The molecule has 0 saturated heterocycles. The van der Waals surface area contributed by atoms with Crippen LogP contribution in [0.2, 0.25) is 0 Å². The molecule has 1 aliphatic rings. The number of allylic oxidation sites excluding steroid dienone is 4. The summed E-state index contributed by atoms with van der Waals surface area (Å²) < 4.78 is 29.6. The molecular formula is C5H5F3Zr. The first-order chi connectivity index (χ1) is 4.23. The summed E-state index contributed by atoms with van der Waals surface area (Å²) >= 11 is -5.04. The molecule has 0 spiro atoms. The van der Waals surface area contributed by atoms with Crippen molar-refractivity contribution in [3.8, 4) is 0 Å². The molecule has 0 bridgehead atoms. The third kappa shape index (κ3) is 11.6. The van der Waals surface area contributed by atoms with Crippen LogP contribution < -0.4 is 0 Å². The average Bonchev–Trinajstić information content (AvgIpc) is 2.11. The van der Waals surface area contributed by atoms with E-state index in [0.717, 1.165) is 0 Å². The Balaban J connectivity index is 0.000000148. The molecule has 0 amide bonds. The summed E-state index contributed by atoms with van der Waals surface area (Å²) in [6.07, 6.45) is 10.0. The van der Waals surface area contributed by atoms with E-state index >= 15 is 0 Å². The molecular weight excluding hydrogens is 208 g/mol. The number of halogens is 3. The van der Waals surface area contributed by atoms with Crippen molar-refractivity contribution in [2.45, 2.75) is 0 Å². The third-order valence-electron chi connectivity index (χ3n) is 0.556. The van der Waals surface area contributed by atoms with E-state index in [1.54, 1.807) is 0 Å². The third-order valence-corrected chi connectivity index (χ3v) is 0.556. The van der Waals surface area contributed by atoms with Gasteiger partial charge in [0, 0.05) is 6.42 Å². The summed E-state index contributed by atoms with van der Waals surface area (Å²) in [5.74, 6) is 0. The van der Waals surface area contributed by atoms with Crippen molar-refractivity contribution in [1.82, 2.24) is 0 Å². The quantitative estimate of drug-likeness (QED) is 0.580. The van der Waals surface area contributed by atoms with E-state index in [1.165, 1.54) is 0 Å². The van der Waals surface area contributed by atoms with Crippen LogP contribution in [0.1, 0.15) is 0 Å². The van der Waals surface area contributed by atoms with Gasteiger partial charge in [0.05, 0.1) is 0 Å². The molecule has 0 aromatic carbocycles. The number of rotatable bonds is 0. The Morgan fingerprint density at radius 3 is 1.22 bits per heavy atom. The fourth-order valence-electron chi connectivity index (χ4n) is 0.321. The van der Waals surface area contributed by atoms with E-state index in [1.807, 2.05) is 30.7 Å². The Bertz CT molecular complexity index is 96.0. The van der Waals surface area contributed by atoms with Crippen molar-refractivity contribution < 1.29 is 31.5 Å². The van der Waals surface area contributed by atoms with Crippen molar-refractivity contribution in [2.24, 2.45) is 0 Å². The van der Waals surface area contributed by atoms with Gasteiger partial charge in [-0.15, -0.1) is 0 Å². The van der Waals surface area contributed by atoms with Gasteiger partial charge in [-0.25, -0.2) is 0 Å². The van der Waals surface area contributed by atoms with Gasteiger partial charge in [-0.3, -0.25) is 0 Å². The second-order valence-corrected chi connectivity index (χ2v) is 2.23. The van der Waals surface area contributed by atoms with Crippen molar-refractivity contribution in [1.29, 1.82) is 0 Å². The number of hydrogen-bond acceptors (Lipinski definition) is 0. The van der Waals surface area contributed by atoms with Crippen molar-refractivity contribution in [3.05, 3.63) is 30.7 Å². The van der Waals surface area contributed by atoms with E-state index in [4.69, 9.17) is 0 Å². The van der Waals surface area contributed by atoms with Gasteiger partial charge in [0.15, 0.2) is 0 Å². The molecule has 0 atom stereocenters. The minimum atomic E-state index is -5.04. The molecule has 0 unspecified atom stereocenters. The zero-order valence-electron chi connectivity index (χ0n) is 4.52. The molecule has 0 nitrogen and oxygen atoms in total. The normalized spacial score (nSPS) is 12.8. The zero-order chi connectivity index (χ0) is 7.11. The molecule has 9 heavy (non-hydrogen) atoms. The van der Waals surface area contributed by atoms with Crippen molar-refractivity contribution in [3.63, 3.8) is 0 Å². The Labute approximate surface area is 62.4 Å². The van der Waals surface area contributed by atoms with Crippen LogP contribution in [0.25, 0.3) is 0 Å². The van der Waals surface area contributed by atoms with E-state index in [2.05, 4.69) is 0 Å². The molecule has 0 N–H and O–H groups in total. The van der Waals surface area contributed by atoms with Crippen LogP contribution in [-0.2, 0) is 23.6 Å². The van der Waals surface area contributed by atoms with Crippen LogP contribution in [0, 0.1) is 6.42 Å². The molecule has 0 saturated carbocycles. The molecule has 0 aromatic heterocycles. The molecule has 0 fully saturated rings.